The van der Waals surface area contributed by atoms with Crippen molar-refractivity contribution in [2.75, 3.05) is 0 Å². The molecule has 16 heavy (non-hydrogen) atoms. The number of benzene rings is 1. The number of hydrogen-bond acceptors (Lipinski definition) is 1. The molecular weight excluding hydrogens is 196 g/mol. The van der Waals surface area contributed by atoms with Crippen molar-refractivity contribution in [2.45, 2.75) is 52.1 Å². The minimum Gasteiger partial charge on any atom is -0.385 e. The van der Waals surface area contributed by atoms with E-state index in [1.807, 2.05) is 0 Å². The Morgan fingerprint density at radius 2 is 2.12 bits per heavy atom. The molecule has 1 aliphatic carbocycles. The van der Waals surface area contributed by atoms with Gasteiger partial charge in [-0.2, -0.15) is 0 Å². The van der Waals surface area contributed by atoms with Gasteiger partial charge in [0.1, 0.15) is 0 Å². The average Bonchev–Trinajstić information content (AvgIpc) is 2.65. The Bertz CT molecular complexity index is 383. The highest BCUT2D eigenvalue weighted by Gasteiger charge is 2.38. The summed E-state index contributed by atoms with van der Waals surface area (Å²) in [6.07, 6.45) is 4.22. The van der Waals surface area contributed by atoms with Crippen LogP contribution in [0.4, 0.5) is 0 Å². The quantitative estimate of drug-likeness (QED) is 0.802. The van der Waals surface area contributed by atoms with E-state index in [-0.39, 0.29) is 0 Å². The van der Waals surface area contributed by atoms with E-state index in [4.69, 9.17) is 0 Å². The molecule has 0 saturated heterocycles. The van der Waals surface area contributed by atoms with E-state index in [1.165, 1.54) is 24.0 Å². The Morgan fingerprint density at radius 3 is 2.75 bits per heavy atom. The molecule has 1 aliphatic rings. The zero-order valence-corrected chi connectivity index (χ0v) is 10.6. The van der Waals surface area contributed by atoms with E-state index in [2.05, 4.69) is 39.0 Å². The smallest absolute Gasteiger partial charge is 0.0902 e. The van der Waals surface area contributed by atoms with Gasteiger partial charge in [0.2, 0.25) is 0 Å². The molecule has 0 bridgehead atoms. The van der Waals surface area contributed by atoms with Crippen LogP contribution < -0.4 is 0 Å². The molecule has 0 aliphatic heterocycles. The van der Waals surface area contributed by atoms with Crippen molar-refractivity contribution >= 4 is 0 Å². The van der Waals surface area contributed by atoms with Gasteiger partial charge < -0.3 is 5.11 Å². The number of rotatable bonds is 2. The third-order valence-corrected chi connectivity index (χ3v) is 4.06. The van der Waals surface area contributed by atoms with Gasteiger partial charge in [0.05, 0.1) is 5.60 Å². The van der Waals surface area contributed by atoms with Gasteiger partial charge in [-0.05, 0) is 50.2 Å². The number of hydrogen-bond donors (Lipinski definition) is 1. The molecule has 1 nitrogen and oxygen atoms in total. The highest BCUT2D eigenvalue weighted by molar-refractivity contribution is 5.35. The van der Waals surface area contributed by atoms with Crippen LogP contribution in [0.15, 0.2) is 18.2 Å². The van der Waals surface area contributed by atoms with Gasteiger partial charge >= 0.3 is 0 Å². The molecule has 88 valence electrons. The second kappa shape index (κ2) is 4.21. The fourth-order valence-corrected chi connectivity index (χ4v) is 2.95. The van der Waals surface area contributed by atoms with Gasteiger partial charge in [-0.1, -0.05) is 37.1 Å². The summed E-state index contributed by atoms with van der Waals surface area (Å²) in [7, 11) is 0. The molecular formula is C15H22O. The lowest BCUT2D eigenvalue weighted by molar-refractivity contribution is 0.0391. The maximum atomic E-state index is 10.8. The summed E-state index contributed by atoms with van der Waals surface area (Å²) in [5.74, 6) is 0.699. The summed E-state index contributed by atoms with van der Waals surface area (Å²) in [5.41, 5.74) is 3.07. The minimum absolute atomic E-state index is 0.559. The molecule has 2 atom stereocenters. The fraction of sp³-hybridized carbons (Fsp3) is 0.600. The SMILES string of the molecule is CCC1CCC(O)(c2cc(C)ccc2C)C1. The first-order valence-electron chi connectivity index (χ1n) is 6.35. The Kier molecular flexibility index (Phi) is 3.07. The first kappa shape index (κ1) is 11.7. The fourth-order valence-electron chi connectivity index (χ4n) is 2.95. The van der Waals surface area contributed by atoms with Crippen molar-refractivity contribution in [3.63, 3.8) is 0 Å². The molecule has 1 N–H and O–H groups in total. The predicted molar refractivity (Wildman–Crippen MR) is 67.4 cm³/mol. The van der Waals surface area contributed by atoms with Gasteiger partial charge in [0, 0.05) is 0 Å². The van der Waals surface area contributed by atoms with Gasteiger partial charge in [0.25, 0.3) is 0 Å². The number of aryl methyl sites for hydroxylation is 2. The lowest BCUT2D eigenvalue weighted by Crippen LogP contribution is -2.23. The van der Waals surface area contributed by atoms with Crippen LogP contribution in [0.25, 0.3) is 0 Å². The molecule has 0 aromatic heterocycles. The van der Waals surface area contributed by atoms with Crippen LogP contribution in [0.1, 0.15) is 49.3 Å². The maximum Gasteiger partial charge on any atom is 0.0902 e. The predicted octanol–water partition coefficient (Wildman–Crippen LogP) is 3.70. The zero-order valence-electron chi connectivity index (χ0n) is 10.6. The molecule has 1 saturated carbocycles. The summed E-state index contributed by atoms with van der Waals surface area (Å²) >= 11 is 0. The molecule has 1 heteroatoms. The Balaban J connectivity index is 2.33. The van der Waals surface area contributed by atoms with E-state index in [9.17, 15) is 5.11 Å². The van der Waals surface area contributed by atoms with Gasteiger partial charge in [-0.15, -0.1) is 0 Å². The summed E-state index contributed by atoms with van der Waals surface area (Å²) < 4.78 is 0. The molecule has 0 heterocycles. The molecule has 2 unspecified atom stereocenters. The van der Waals surface area contributed by atoms with Crippen LogP contribution >= 0.6 is 0 Å². The van der Waals surface area contributed by atoms with Crippen LogP contribution in [0, 0.1) is 19.8 Å². The third kappa shape index (κ3) is 2.01. The van der Waals surface area contributed by atoms with Crippen molar-refractivity contribution in [1.82, 2.24) is 0 Å². The zero-order chi connectivity index (χ0) is 11.8. The molecule has 0 spiro atoms. The Morgan fingerprint density at radius 1 is 1.38 bits per heavy atom. The second-order valence-electron chi connectivity index (χ2n) is 5.37. The highest BCUT2D eigenvalue weighted by Crippen LogP contribution is 2.44. The molecule has 0 amide bonds. The van der Waals surface area contributed by atoms with Crippen molar-refractivity contribution in [2.24, 2.45) is 5.92 Å². The second-order valence-corrected chi connectivity index (χ2v) is 5.37. The van der Waals surface area contributed by atoms with E-state index in [0.29, 0.717) is 5.92 Å². The molecule has 0 radical (unpaired) electrons. The molecule has 2 rings (SSSR count). The van der Waals surface area contributed by atoms with Crippen molar-refractivity contribution in [1.29, 1.82) is 0 Å². The van der Waals surface area contributed by atoms with Gasteiger partial charge in [-0.25, -0.2) is 0 Å². The maximum absolute atomic E-state index is 10.8. The lowest BCUT2D eigenvalue weighted by atomic mass is 9.86. The van der Waals surface area contributed by atoms with Crippen LogP contribution in [0.2, 0.25) is 0 Å². The average molecular weight is 218 g/mol. The van der Waals surface area contributed by atoms with Crippen molar-refractivity contribution < 1.29 is 5.11 Å². The molecule has 1 fully saturated rings. The standard InChI is InChI=1S/C15H22O/c1-4-13-7-8-15(16,10-13)14-9-11(2)5-6-12(14)3/h5-6,9,13,16H,4,7-8,10H2,1-3H3. The topological polar surface area (TPSA) is 20.2 Å². The van der Waals surface area contributed by atoms with Crippen LogP contribution in [0.5, 0.6) is 0 Å². The monoisotopic (exact) mass is 218 g/mol. The Labute approximate surface area is 98.5 Å². The van der Waals surface area contributed by atoms with Gasteiger partial charge in [0.15, 0.2) is 0 Å². The summed E-state index contributed by atoms with van der Waals surface area (Å²) in [6.45, 7) is 6.42. The van der Waals surface area contributed by atoms with Crippen LogP contribution in [0.3, 0.4) is 0 Å². The third-order valence-electron chi connectivity index (χ3n) is 4.06. The Hall–Kier alpha value is -0.820. The summed E-state index contributed by atoms with van der Waals surface area (Å²) in [5, 5.41) is 10.8. The first-order valence-corrected chi connectivity index (χ1v) is 6.35. The summed E-state index contributed by atoms with van der Waals surface area (Å²) in [4.78, 5) is 0. The van der Waals surface area contributed by atoms with Gasteiger partial charge in [-0.3, -0.25) is 0 Å². The first-order chi connectivity index (χ1) is 7.55. The van der Waals surface area contributed by atoms with Crippen LogP contribution in [-0.2, 0) is 5.60 Å². The van der Waals surface area contributed by atoms with Crippen LogP contribution in [-0.4, -0.2) is 5.11 Å². The van der Waals surface area contributed by atoms with Crippen molar-refractivity contribution in [3.8, 4) is 0 Å². The van der Waals surface area contributed by atoms with E-state index < -0.39 is 5.60 Å². The molecule has 1 aromatic carbocycles. The number of aliphatic hydroxyl groups is 1. The summed E-state index contributed by atoms with van der Waals surface area (Å²) in [6, 6.07) is 6.41. The van der Waals surface area contributed by atoms with E-state index in [1.54, 1.807) is 0 Å². The highest BCUT2D eigenvalue weighted by atomic mass is 16.3. The minimum atomic E-state index is -0.559. The molecule has 1 aromatic rings. The lowest BCUT2D eigenvalue weighted by Gasteiger charge is -2.26. The van der Waals surface area contributed by atoms with Crippen molar-refractivity contribution in [3.05, 3.63) is 34.9 Å². The van der Waals surface area contributed by atoms with E-state index >= 15 is 0 Å². The normalized spacial score (nSPS) is 29.6. The largest absolute Gasteiger partial charge is 0.385 e. The van der Waals surface area contributed by atoms with E-state index in [0.717, 1.165) is 18.4 Å².